The SMILES string of the molecule is COc1cccc(C(NN)C2CCOC3(CCC3)C2)c1. The molecule has 3 rings (SSSR count). The van der Waals surface area contributed by atoms with E-state index in [4.69, 9.17) is 15.3 Å². The normalized spacial score (nSPS) is 26.0. The fraction of sp³-hybridized carbons (Fsp3) is 0.625. The molecule has 4 heteroatoms. The number of methoxy groups -OCH3 is 1. The van der Waals surface area contributed by atoms with Gasteiger partial charge in [0, 0.05) is 12.6 Å². The average Bonchev–Trinajstić information content (AvgIpc) is 2.47. The van der Waals surface area contributed by atoms with E-state index in [1.807, 2.05) is 12.1 Å². The summed E-state index contributed by atoms with van der Waals surface area (Å²) in [6.45, 7) is 0.854. The van der Waals surface area contributed by atoms with Gasteiger partial charge in [-0.25, -0.2) is 0 Å². The third-order valence-corrected chi connectivity index (χ3v) is 4.90. The highest BCUT2D eigenvalue weighted by Gasteiger charge is 2.44. The molecule has 1 aromatic rings. The fourth-order valence-electron chi connectivity index (χ4n) is 3.61. The van der Waals surface area contributed by atoms with Gasteiger partial charge >= 0.3 is 0 Å². The van der Waals surface area contributed by atoms with Crippen LogP contribution in [-0.4, -0.2) is 19.3 Å². The van der Waals surface area contributed by atoms with E-state index in [0.29, 0.717) is 5.92 Å². The first kappa shape index (κ1) is 13.9. The molecule has 0 radical (unpaired) electrons. The summed E-state index contributed by atoms with van der Waals surface area (Å²) in [5.74, 6) is 7.25. The summed E-state index contributed by atoms with van der Waals surface area (Å²) < 4.78 is 11.3. The quantitative estimate of drug-likeness (QED) is 0.655. The third kappa shape index (κ3) is 2.55. The molecule has 1 saturated carbocycles. The van der Waals surface area contributed by atoms with Gasteiger partial charge in [0.1, 0.15) is 5.75 Å². The van der Waals surface area contributed by atoms with E-state index in [1.54, 1.807) is 7.11 Å². The summed E-state index contributed by atoms with van der Waals surface area (Å²) >= 11 is 0. The van der Waals surface area contributed by atoms with Crippen LogP contribution < -0.4 is 16.0 Å². The molecule has 20 heavy (non-hydrogen) atoms. The van der Waals surface area contributed by atoms with Crippen molar-refractivity contribution >= 4 is 0 Å². The second-order valence-corrected chi connectivity index (χ2v) is 6.06. The van der Waals surface area contributed by atoms with Crippen molar-refractivity contribution in [3.05, 3.63) is 29.8 Å². The zero-order chi connectivity index (χ0) is 14.0. The van der Waals surface area contributed by atoms with Crippen LogP contribution in [0.1, 0.15) is 43.7 Å². The molecule has 2 aliphatic rings. The Labute approximate surface area is 120 Å². The maximum Gasteiger partial charge on any atom is 0.119 e. The molecule has 0 amide bonds. The summed E-state index contributed by atoms with van der Waals surface area (Å²) in [7, 11) is 1.70. The number of nitrogens with two attached hydrogens (primary N) is 1. The summed E-state index contributed by atoms with van der Waals surface area (Å²) in [6.07, 6.45) is 5.89. The molecule has 2 atom stereocenters. The van der Waals surface area contributed by atoms with Gasteiger partial charge in [0.25, 0.3) is 0 Å². The van der Waals surface area contributed by atoms with Crippen molar-refractivity contribution in [3.63, 3.8) is 0 Å². The Morgan fingerprint density at radius 2 is 2.30 bits per heavy atom. The van der Waals surface area contributed by atoms with Gasteiger partial charge in [-0.05, 0) is 55.7 Å². The van der Waals surface area contributed by atoms with Crippen molar-refractivity contribution in [1.29, 1.82) is 0 Å². The van der Waals surface area contributed by atoms with E-state index >= 15 is 0 Å². The van der Waals surface area contributed by atoms with Gasteiger partial charge in [-0.15, -0.1) is 0 Å². The number of hydrazine groups is 1. The van der Waals surface area contributed by atoms with Crippen LogP contribution in [0.4, 0.5) is 0 Å². The second kappa shape index (κ2) is 5.72. The summed E-state index contributed by atoms with van der Waals surface area (Å²) in [5.41, 5.74) is 4.37. The Bertz CT molecular complexity index is 460. The van der Waals surface area contributed by atoms with Gasteiger partial charge in [0.15, 0.2) is 0 Å². The first-order valence-electron chi connectivity index (χ1n) is 7.50. The van der Waals surface area contributed by atoms with E-state index in [9.17, 15) is 0 Å². The maximum absolute atomic E-state index is 6.01. The van der Waals surface area contributed by atoms with Crippen LogP contribution in [0.3, 0.4) is 0 Å². The molecular weight excluding hydrogens is 252 g/mol. The van der Waals surface area contributed by atoms with Crippen molar-refractivity contribution < 1.29 is 9.47 Å². The molecule has 1 spiro atoms. The molecule has 4 nitrogen and oxygen atoms in total. The largest absolute Gasteiger partial charge is 0.497 e. The molecule has 3 N–H and O–H groups in total. The van der Waals surface area contributed by atoms with E-state index in [1.165, 1.54) is 24.8 Å². The number of hydrogen-bond donors (Lipinski definition) is 2. The Hall–Kier alpha value is -1.10. The van der Waals surface area contributed by atoms with Crippen LogP contribution in [0, 0.1) is 5.92 Å². The molecule has 0 bridgehead atoms. The van der Waals surface area contributed by atoms with Gasteiger partial charge in [0.05, 0.1) is 12.7 Å². The summed E-state index contributed by atoms with van der Waals surface area (Å²) in [6, 6.07) is 8.36. The topological polar surface area (TPSA) is 56.5 Å². The third-order valence-electron chi connectivity index (χ3n) is 4.90. The molecule has 2 fully saturated rings. The fourth-order valence-corrected chi connectivity index (χ4v) is 3.61. The Balaban J connectivity index is 1.78. The lowest BCUT2D eigenvalue weighted by Crippen LogP contribution is -2.48. The molecule has 2 unspecified atom stereocenters. The minimum Gasteiger partial charge on any atom is -0.497 e. The Morgan fingerprint density at radius 3 is 2.95 bits per heavy atom. The van der Waals surface area contributed by atoms with Crippen molar-refractivity contribution in [1.82, 2.24) is 5.43 Å². The number of rotatable bonds is 4. The number of hydrogen-bond acceptors (Lipinski definition) is 4. The first-order chi connectivity index (χ1) is 9.76. The molecule has 1 aliphatic carbocycles. The van der Waals surface area contributed by atoms with E-state index in [2.05, 4.69) is 17.6 Å². The van der Waals surface area contributed by atoms with E-state index in [0.717, 1.165) is 25.2 Å². The second-order valence-electron chi connectivity index (χ2n) is 6.06. The van der Waals surface area contributed by atoms with Crippen LogP contribution in [0.25, 0.3) is 0 Å². The molecule has 110 valence electrons. The van der Waals surface area contributed by atoms with Gasteiger partial charge in [0.2, 0.25) is 0 Å². The van der Waals surface area contributed by atoms with Gasteiger partial charge in [-0.3, -0.25) is 11.3 Å². The zero-order valence-corrected chi connectivity index (χ0v) is 12.1. The highest BCUT2D eigenvalue weighted by atomic mass is 16.5. The minimum atomic E-state index is 0.150. The van der Waals surface area contributed by atoms with Crippen LogP contribution in [0.5, 0.6) is 5.75 Å². The molecule has 1 aromatic carbocycles. The van der Waals surface area contributed by atoms with Crippen LogP contribution in [0.2, 0.25) is 0 Å². The molecule has 1 saturated heterocycles. The monoisotopic (exact) mass is 276 g/mol. The number of benzene rings is 1. The predicted octanol–water partition coefficient (Wildman–Crippen LogP) is 2.55. The van der Waals surface area contributed by atoms with Crippen molar-refractivity contribution in [2.75, 3.05) is 13.7 Å². The zero-order valence-electron chi connectivity index (χ0n) is 12.1. The van der Waals surface area contributed by atoms with E-state index in [-0.39, 0.29) is 11.6 Å². The predicted molar refractivity (Wildman–Crippen MR) is 78.3 cm³/mol. The van der Waals surface area contributed by atoms with Crippen molar-refractivity contribution in [2.45, 2.75) is 43.7 Å². The van der Waals surface area contributed by atoms with Crippen molar-refractivity contribution in [3.8, 4) is 5.75 Å². The van der Waals surface area contributed by atoms with Gasteiger partial charge in [-0.1, -0.05) is 12.1 Å². The Kier molecular flexibility index (Phi) is 3.96. The lowest BCUT2D eigenvalue weighted by Gasteiger charge is -2.48. The molecule has 1 aliphatic heterocycles. The van der Waals surface area contributed by atoms with Crippen LogP contribution in [-0.2, 0) is 4.74 Å². The lowest BCUT2D eigenvalue weighted by molar-refractivity contribution is -0.147. The molecule has 0 aromatic heterocycles. The Morgan fingerprint density at radius 1 is 1.45 bits per heavy atom. The van der Waals surface area contributed by atoms with E-state index < -0.39 is 0 Å². The van der Waals surface area contributed by atoms with Crippen LogP contribution in [0.15, 0.2) is 24.3 Å². The van der Waals surface area contributed by atoms with Crippen LogP contribution >= 0.6 is 0 Å². The highest BCUT2D eigenvalue weighted by Crippen LogP contribution is 2.47. The molecule has 1 heterocycles. The summed E-state index contributed by atoms with van der Waals surface area (Å²) in [4.78, 5) is 0. The molecular formula is C16H24N2O2. The van der Waals surface area contributed by atoms with Crippen molar-refractivity contribution in [2.24, 2.45) is 11.8 Å². The lowest BCUT2D eigenvalue weighted by atomic mass is 9.70. The summed E-state index contributed by atoms with van der Waals surface area (Å²) in [5, 5.41) is 0. The number of nitrogens with one attached hydrogen (secondary N) is 1. The number of ether oxygens (including phenoxy) is 2. The first-order valence-corrected chi connectivity index (χ1v) is 7.50. The van der Waals surface area contributed by atoms with Gasteiger partial charge in [-0.2, -0.15) is 0 Å². The maximum atomic E-state index is 6.01. The highest BCUT2D eigenvalue weighted by molar-refractivity contribution is 5.31. The van der Waals surface area contributed by atoms with Gasteiger partial charge < -0.3 is 9.47 Å². The average molecular weight is 276 g/mol. The smallest absolute Gasteiger partial charge is 0.119 e. The minimum absolute atomic E-state index is 0.150. The standard InChI is InChI=1S/C16H24N2O2/c1-19-14-5-2-4-12(10-14)15(18-17)13-6-9-20-16(11-13)7-3-8-16/h2,4-5,10,13,15,18H,3,6-9,11,17H2,1H3.